The Hall–Kier alpha value is -3.48. The Morgan fingerprint density at radius 1 is 1.17 bits per heavy atom. The summed E-state index contributed by atoms with van der Waals surface area (Å²) < 4.78 is 6.25. The van der Waals surface area contributed by atoms with E-state index in [1.54, 1.807) is 4.90 Å². The standard InChI is InChI=1S/C32H43N7O2/c1-5-30(40)39-16-15-38(19-26(39)12-13-33)31-28-20-37(18-25-10-7-6-9-24(25)17-23(2)3)21-29(28)34-32(35-31)41-22-27-11-8-14-36(27)4/h5-7,9-10,23,26-27H,1,8,11-12,14-22H2,2-4H3/t26-,27-/m0/s1. The van der Waals surface area contributed by atoms with Crippen molar-refractivity contribution in [2.24, 2.45) is 5.92 Å². The average molecular weight is 558 g/mol. The highest BCUT2D eigenvalue weighted by Crippen LogP contribution is 2.34. The van der Waals surface area contributed by atoms with Crippen LogP contribution in [0.15, 0.2) is 36.9 Å². The second-order valence-corrected chi connectivity index (χ2v) is 12.1. The zero-order valence-corrected chi connectivity index (χ0v) is 24.8. The van der Waals surface area contributed by atoms with Crippen LogP contribution >= 0.6 is 0 Å². The van der Waals surface area contributed by atoms with Crippen LogP contribution in [0.2, 0.25) is 0 Å². The number of anilines is 1. The van der Waals surface area contributed by atoms with Crippen LogP contribution in [0.5, 0.6) is 6.01 Å². The van der Waals surface area contributed by atoms with Gasteiger partial charge in [0, 0.05) is 50.9 Å². The van der Waals surface area contributed by atoms with Crippen LogP contribution in [0, 0.1) is 17.2 Å². The van der Waals surface area contributed by atoms with Crippen molar-refractivity contribution < 1.29 is 9.53 Å². The van der Waals surface area contributed by atoms with Crippen LogP contribution < -0.4 is 9.64 Å². The molecule has 41 heavy (non-hydrogen) atoms. The lowest BCUT2D eigenvalue weighted by atomic mass is 9.98. The van der Waals surface area contributed by atoms with Gasteiger partial charge in [-0.15, -0.1) is 0 Å². The summed E-state index contributed by atoms with van der Waals surface area (Å²) in [6.07, 6.45) is 4.96. The minimum absolute atomic E-state index is 0.131. The van der Waals surface area contributed by atoms with E-state index in [2.05, 4.69) is 72.5 Å². The maximum Gasteiger partial charge on any atom is 0.318 e. The number of nitrogens with zero attached hydrogens (tertiary/aromatic N) is 7. The van der Waals surface area contributed by atoms with Crippen LogP contribution in [-0.4, -0.2) is 82.5 Å². The van der Waals surface area contributed by atoms with E-state index in [9.17, 15) is 10.1 Å². The first kappa shape index (κ1) is 29.0. The van der Waals surface area contributed by atoms with Crippen LogP contribution in [0.4, 0.5) is 5.82 Å². The SMILES string of the molecule is C=CC(=O)N1CCN(c2nc(OC[C@@H]3CCCN3C)nc3c2CN(Cc2ccccc2CC(C)C)C3)C[C@@H]1CC#N. The fraction of sp³-hybridized carbons (Fsp3) is 0.562. The summed E-state index contributed by atoms with van der Waals surface area (Å²) in [5, 5.41) is 9.51. The van der Waals surface area contributed by atoms with Gasteiger partial charge in [0.05, 0.1) is 24.2 Å². The molecule has 4 heterocycles. The number of carbonyl (C=O) groups excluding carboxylic acids is 1. The number of likely N-dealkylation sites (N-methyl/N-ethyl adjacent to an activating group) is 1. The quantitative estimate of drug-likeness (QED) is 0.408. The molecule has 9 heteroatoms. The van der Waals surface area contributed by atoms with E-state index >= 15 is 0 Å². The van der Waals surface area contributed by atoms with Crippen molar-refractivity contribution in [1.82, 2.24) is 24.7 Å². The minimum Gasteiger partial charge on any atom is -0.462 e. The molecule has 2 aromatic rings. The first-order valence-corrected chi connectivity index (χ1v) is 14.9. The number of nitriles is 1. The predicted octanol–water partition coefficient (Wildman–Crippen LogP) is 3.78. The second-order valence-electron chi connectivity index (χ2n) is 12.1. The molecule has 0 aliphatic carbocycles. The van der Waals surface area contributed by atoms with Gasteiger partial charge in [0.1, 0.15) is 12.4 Å². The molecule has 218 valence electrons. The van der Waals surface area contributed by atoms with E-state index in [1.165, 1.54) is 23.6 Å². The van der Waals surface area contributed by atoms with Crippen molar-refractivity contribution >= 4 is 11.7 Å². The molecule has 1 amide bonds. The number of amides is 1. The highest BCUT2D eigenvalue weighted by Gasteiger charge is 2.34. The Morgan fingerprint density at radius 3 is 2.68 bits per heavy atom. The molecular formula is C32H43N7O2. The highest BCUT2D eigenvalue weighted by molar-refractivity contribution is 5.87. The van der Waals surface area contributed by atoms with Crippen LogP contribution in [-0.2, 0) is 30.8 Å². The molecule has 3 aliphatic rings. The fourth-order valence-corrected chi connectivity index (χ4v) is 6.40. The minimum atomic E-state index is -0.221. The predicted molar refractivity (Wildman–Crippen MR) is 159 cm³/mol. The van der Waals surface area contributed by atoms with Gasteiger partial charge >= 0.3 is 6.01 Å². The largest absolute Gasteiger partial charge is 0.462 e. The van der Waals surface area contributed by atoms with Crippen molar-refractivity contribution in [2.75, 3.05) is 44.7 Å². The average Bonchev–Trinajstić information content (AvgIpc) is 3.57. The summed E-state index contributed by atoms with van der Waals surface area (Å²) in [5.41, 5.74) is 4.88. The molecule has 2 fully saturated rings. The lowest BCUT2D eigenvalue weighted by molar-refractivity contribution is -0.128. The third-order valence-corrected chi connectivity index (χ3v) is 8.59. The number of aromatic nitrogens is 2. The number of carbonyl (C=O) groups is 1. The Kier molecular flexibility index (Phi) is 9.21. The number of ether oxygens (including phenoxy) is 1. The topological polar surface area (TPSA) is 88.8 Å². The Balaban J connectivity index is 1.40. The van der Waals surface area contributed by atoms with E-state index in [0.717, 1.165) is 56.1 Å². The Morgan fingerprint density at radius 2 is 1.98 bits per heavy atom. The molecule has 1 aromatic heterocycles. The van der Waals surface area contributed by atoms with E-state index in [1.807, 2.05) is 0 Å². The van der Waals surface area contributed by atoms with Crippen LogP contribution in [0.3, 0.4) is 0 Å². The fourth-order valence-electron chi connectivity index (χ4n) is 6.40. The van der Waals surface area contributed by atoms with Gasteiger partial charge in [-0.1, -0.05) is 44.7 Å². The Bertz CT molecular complexity index is 1290. The summed E-state index contributed by atoms with van der Waals surface area (Å²) in [6, 6.07) is 11.6. The van der Waals surface area contributed by atoms with Gasteiger partial charge in [-0.25, -0.2) is 0 Å². The smallest absolute Gasteiger partial charge is 0.318 e. The van der Waals surface area contributed by atoms with Crippen molar-refractivity contribution in [3.05, 3.63) is 59.3 Å². The number of rotatable bonds is 10. The lowest BCUT2D eigenvalue weighted by Gasteiger charge is -2.41. The molecule has 2 saturated heterocycles. The third-order valence-electron chi connectivity index (χ3n) is 8.59. The van der Waals surface area contributed by atoms with E-state index in [-0.39, 0.29) is 18.4 Å². The van der Waals surface area contributed by atoms with Gasteiger partial charge in [0.25, 0.3) is 0 Å². The Labute approximate surface area is 244 Å². The van der Waals surface area contributed by atoms with Crippen molar-refractivity contribution in [3.63, 3.8) is 0 Å². The summed E-state index contributed by atoms with van der Waals surface area (Å²) in [7, 11) is 2.14. The molecule has 1 aromatic carbocycles. The molecule has 0 radical (unpaired) electrons. The number of benzene rings is 1. The summed E-state index contributed by atoms with van der Waals surface area (Å²) >= 11 is 0. The molecule has 0 saturated carbocycles. The van der Waals surface area contributed by atoms with Crippen LogP contribution in [0.1, 0.15) is 55.5 Å². The molecular weight excluding hydrogens is 514 g/mol. The zero-order chi connectivity index (χ0) is 28.9. The number of likely N-dealkylation sites (tertiary alicyclic amines) is 1. The van der Waals surface area contributed by atoms with Crippen molar-refractivity contribution in [3.8, 4) is 12.1 Å². The van der Waals surface area contributed by atoms with E-state index in [0.29, 0.717) is 44.2 Å². The molecule has 9 nitrogen and oxygen atoms in total. The number of piperazine rings is 1. The summed E-state index contributed by atoms with van der Waals surface area (Å²) in [5.74, 6) is 1.33. The maximum absolute atomic E-state index is 12.5. The highest BCUT2D eigenvalue weighted by atomic mass is 16.5. The number of fused-ring (bicyclic) bond motifs is 1. The monoisotopic (exact) mass is 557 g/mol. The number of hydrogen-bond donors (Lipinski definition) is 0. The first-order valence-electron chi connectivity index (χ1n) is 14.9. The molecule has 0 bridgehead atoms. The molecule has 2 atom stereocenters. The summed E-state index contributed by atoms with van der Waals surface area (Å²) in [6.45, 7) is 13.9. The van der Waals surface area contributed by atoms with Gasteiger partial charge < -0.3 is 19.4 Å². The van der Waals surface area contributed by atoms with Gasteiger partial charge in [-0.05, 0) is 56.0 Å². The summed E-state index contributed by atoms with van der Waals surface area (Å²) in [4.78, 5) is 31.2. The molecule has 0 unspecified atom stereocenters. The normalized spacial score (nSPS) is 21.2. The van der Waals surface area contributed by atoms with Gasteiger partial charge in [0.2, 0.25) is 5.91 Å². The lowest BCUT2D eigenvalue weighted by Crippen LogP contribution is -2.55. The molecule has 0 spiro atoms. The second kappa shape index (κ2) is 13.0. The third kappa shape index (κ3) is 6.71. The van der Waals surface area contributed by atoms with Gasteiger partial charge in [-0.2, -0.15) is 15.2 Å². The van der Waals surface area contributed by atoms with Crippen LogP contribution in [0.25, 0.3) is 0 Å². The molecule has 0 N–H and O–H groups in total. The van der Waals surface area contributed by atoms with Crippen molar-refractivity contribution in [1.29, 1.82) is 5.26 Å². The first-order chi connectivity index (χ1) is 19.9. The molecule has 3 aliphatic heterocycles. The number of hydrogen-bond acceptors (Lipinski definition) is 8. The molecule has 5 rings (SSSR count). The van der Waals surface area contributed by atoms with Gasteiger partial charge in [0.15, 0.2) is 0 Å². The maximum atomic E-state index is 12.5. The zero-order valence-electron chi connectivity index (χ0n) is 24.8. The van der Waals surface area contributed by atoms with Gasteiger partial charge in [-0.3, -0.25) is 9.69 Å². The van der Waals surface area contributed by atoms with Crippen molar-refractivity contribution in [2.45, 2.75) is 71.2 Å². The van der Waals surface area contributed by atoms with E-state index in [4.69, 9.17) is 14.7 Å². The van der Waals surface area contributed by atoms with E-state index < -0.39 is 0 Å².